The predicted octanol–water partition coefficient (Wildman–Crippen LogP) is 2.63. The molecular formula is C20H22N2O3. The Morgan fingerprint density at radius 1 is 1.08 bits per heavy atom. The fraction of sp³-hybridized carbons (Fsp3) is 0.300. The SMILES string of the molecule is COc1ccc(CN(C)CN2C(=O)C[C@@H](c3ccccc3)C2=O)cc1. The van der Waals surface area contributed by atoms with Crippen LogP contribution in [0.25, 0.3) is 0 Å². The molecule has 1 heterocycles. The number of amides is 2. The summed E-state index contributed by atoms with van der Waals surface area (Å²) in [4.78, 5) is 28.3. The summed E-state index contributed by atoms with van der Waals surface area (Å²) in [5, 5.41) is 0. The lowest BCUT2D eigenvalue weighted by Gasteiger charge is -2.23. The van der Waals surface area contributed by atoms with E-state index in [2.05, 4.69) is 0 Å². The molecule has 2 amide bonds. The van der Waals surface area contributed by atoms with Gasteiger partial charge in [-0.05, 0) is 30.3 Å². The second kappa shape index (κ2) is 7.49. The topological polar surface area (TPSA) is 49.9 Å². The second-order valence-corrected chi connectivity index (χ2v) is 6.33. The van der Waals surface area contributed by atoms with Gasteiger partial charge in [-0.1, -0.05) is 42.5 Å². The van der Waals surface area contributed by atoms with E-state index in [0.717, 1.165) is 16.9 Å². The predicted molar refractivity (Wildman–Crippen MR) is 95.0 cm³/mol. The van der Waals surface area contributed by atoms with E-state index in [-0.39, 0.29) is 24.2 Å². The monoisotopic (exact) mass is 338 g/mol. The molecule has 2 aromatic rings. The summed E-state index contributed by atoms with van der Waals surface area (Å²) in [6, 6.07) is 17.3. The number of rotatable bonds is 6. The van der Waals surface area contributed by atoms with Gasteiger partial charge in [0.2, 0.25) is 11.8 Å². The van der Waals surface area contributed by atoms with Crippen LogP contribution in [0.15, 0.2) is 54.6 Å². The number of nitrogens with zero attached hydrogens (tertiary/aromatic N) is 2. The minimum Gasteiger partial charge on any atom is -0.497 e. The Kier molecular flexibility index (Phi) is 5.14. The van der Waals surface area contributed by atoms with Gasteiger partial charge in [-0.25, -0.2) is 0 Å². The highest BCUT2D eigenvalue weighted by Crippen LogP contribution is 2.29. The van der Waals surface area contributed by atoms with Crippen LogP contribution >= 0.6 is 0 Å². The lowest BCUT2D eigenvalue weighted by Crippen LogP contribution is -2.39. The van der Waals surface area contributed by atoms with Crippen LogP contribution in [0.3, 0.4) is 0 Å². The molecule has 1 atom stereocenters. The van der Waals surface area contributed by atoms with E-state index in [0.29, 0.717) is 13.2 Å². The van der Waals surface area contributed by atoms with E-state index in [4.69, 9.17) is 4.74 Å². The first-order chi connectivity index (χ1) is 12.1. The van der Waals surface area contributed by atoms with Gasteiger partial charge < -0.3 is 4.74 Å². The number of hydrogen-bond acceptors (Lipinski definition) is 4. The first-order valence-electron chi connectivity index (χ1n) is 8.29. The zero-order valence-corrected chi connectivity index (χ0v) is 14.5. The quantitative estimate of drug-likeness (QED) is 0.760. The number of ether oxygens (including phenoxy) is 1. The van der Waals surface area contributed by atoms with Gasteiger partial charge >= 0.3 is 0 Å². The largest absolute Gasteiger partial charge is 0.497 e. The van der Waals surface area contributed by atoms with Crippen molar-refractivity contribution >= 4 is 11.8 Å². The highest BCUT2D eigenvalue weighted by atomic mass is 16.5. The summed E-state index contributed by atoms with van der Waals surface area (Å²) in [7, 11) is 3.54. The van der Waals surface area contributed by atoms with Gasteiger partial charge in [0.05, 0.1) is 19.7 Å². The zero-order chi connectivity index (χ0) is 17.8. The molecule has 0 aliphatic carbocycles. The van der Waals surface area contributed by atoms with Crippen LogP contribution in [0.5, 0.6) is 5.75 Å². The Bertz CT molecular complexity index is 743. The van der Waals surface area contributed by atoms with Crippen LogP contribution in [0.1, 0.15) is 23.5 Å². The van der Waals surface area contributed by atoms with Crippen molar-refractivity contribution in [2.45, 2.75) is 18.9 Å². The van der Waals surface area contributed by atoms with Crippen LogP contribution in [-0.4, -0.2) is 42.4 Å². The molecule has 5 heteroatoms. The number of benzene rings is 2. The number of imide groups is 1. The van der Waals surface area contributed by atoms with Crippen molar-refractivity contribution in [3.05, 3.63) is 65.7 Å². The Labute approximate surface area is 147 Å². The lowest BCUT2D eigenvalue weighted by atomic mass is 9.98. The Morgan fingerprint density at radius 3 is 2.40 bits per heavy atom. The van der Waals surface area contributed by atoms with Crippen molar-refractivity contribution in [1.29, 1.82) is 0 Å². The Hall–Kier alpha value is -2.66. The van der Waals surface area contributed by atoms with E-state index in [1.165, 1.54) is 4.90 Å². The average Bonchev–Trinajstić information content (AvgIpc) is 2.91. The third-order valence-electron chi connectivity index (χ3n) is 4.44. The van der Waals surface area contributed by atoms with Crippen molar-refractivity contribution < 1.29 is 14.3 Å². The van der Waals surface area contributed by atoms with Gasteiger partial charge in [0, 0.05) is 13.0 Å². The highest BCUT2D eigenvalue weighted by molar-refractivity contribution is 6.06. The summed E-state index contributed by atoms with van der Waals surface area (Å²) in [6.45, 7) is 0.948. The van der Waals surface area contributed by atoms with E-state index in [9.17, 15) is 9.59 Å². The van der Waals surface area contributed by atoms with E-state index >= 15 is 0 Å². The van der Waals surface area contributed by atoms with E-state index in [1.807, 2.05) is 66.5 Å². The van der Waals surface area contributed by atoms with Crippen molar-refractivity contribution in [3.63, 3.8) is 0 Å². The van der Waals surface area contributed by atoms with E-state index in [1.54, 1.807) is 7.11 Å². The lowest BCUT2D eigenvalue weighted by molar-refractivity contribution is -0.141. The maximum absolute atomic E-state index is 12.6. The van der Waals surface area contributed by atoms with Crippen molar-refractivity contribution in [2.75, 3.05) is 20.8 Å². The fourth-order valence-corrected chi connectivity index (χ4v) is 3.11. The number of methoxy groups -OCH3 is 1. The first-order valence-corrected chi connectivity index (χ1v) is 8.29. The molecule has 130 valence electrons. The summed E-state index contributed by atoms with van der Waals surface area (Å²) in [6.07, 6.45) is 0.249. The molecule has 3 rings (SSSR count). The molecule has 1 saturated heterocycles. The zero-order valence-electron chi connectivity index (χ0n) is 14.5. The van der Waals surface area contributed by atoms with Crippen LogP contribution in [0.4, 0.5) is 0 Å². The van der Waals surface area contributed by atoms with E-state index < -0.39 is 0 Å². The minimum absolute atomic E-state index is 0.111. The molecular weight excluding hydrogens is 316 g/mol. The molecule has 1 fully saturated rings. The summed E-state index contributed by atoms with van der Waals surface area (Å²) < 4.78 is 5.15. The molecule has 1 aliphatic heterocycles. The molecule has 0 N–H and O–H groups in total. The van der Waals surface area contributed by atoms with Crippen molar-refractivity contribution in [3.8, 4) is 5.75 Å². The maximum Gasteiger partial charge on any atom is 0.238 e. The average molecular weight is 338 g/mol. The number of carbonyl (C=O) groups is 2. The van der Waals surface area contributed by atoms with Gasteiger partial charge in [-0.2, -0.15) is 0 Å². The Morgan fingerprint density at radius 2 is 1.76 bits per heavy atom. The van der Waals surface area contributed by atoms with Crippen molar-refractivity contribution in [2.24, 2.45) is 0 Å². The Balaban J connectivity index is 1.63. The molecule has 0 spiro atoms. The molecule has 0 bridgehead atoms. The molecule has 2 aromatic carbocycles. The van der Waals surface area contributed by atoms with Gasteiger partial charge in [0.15, 0.2) is 0 Å². The number of carbonyl (C=O) groups excluding carboxylic acids is 2. The second-order valence-electron chi connectivity index (χ2n) is 6.33. The highest BCUT2D eigenvalue weighted by Gasteiger charge is 2.39. The van der Waals surface area contributed by atoms with Gasteiger partial charge in [0.1, 0.15) is 5.75 Å². The summed E-state index contributed by atoms with van der Waals surface area (Å²) in [5.41, 5.74) is 2.00. The molecule has 1 aliphatic rings. The molecule has 5 nitrogen and oxygen atoms in total. The third-order valence-corrected chi connectivity index (χ3v) is 4.44. The molecule has 0 unspecified atom stereocenters. The fourth-order valence-electron chi connectivity index (χ4n) is 3.11. The molecule has 0 aromatic heterocycles. The van der Waals surface area contributed by atoms with Crippen LogP contribution in [0, 0.1) is 0 Å². The maximum atomic E-state index is 12.6. The smallest absolute Gasteiger partial charge is 0.238 e. The molecule has 0 radical (unpaired) electrons. The summed E-state index contributed by atoms with van der Waals surface area (Å²) in [5.74, 6) is 0.225. The van der Waals surface area contributed by atoms with Gasteiger partial charge in [0.25, 0.3) is 0 Å². The minimum atomic E-state index is -0.358. The molecule has 0 saturated carbocycles. The van der Waals surface area contributed by atoms with Crippen LogP contribution in [-0.2, 0) is 16.1 Å². The first kappa shape index (κ1) is 17.2. The van der Waals surface area contributed by atoms with Crippen LogP contribution < -0.4 is 4.74 Å². The van der Waals surface area contributed by atoms with Gasteiger partial charge in [-0.15, -0.1) is 0 Å². The van der Waals surface area contributed by atoms with Crippen LogP contribution in [0.2, 0.25) is 0 Å². The standard InChI is InChI=1S/C20H22N2O3/c1-21(13-15-8-10-17(25-2)11-9-15)14-22-19(23)12-18(20(22)24)16-6-4-3-5-7-16/h3-11,18H,12-14H2,1-2H3/t18-/m0/s1. The normalized spacial score (nSPS) is 17.4. The van der Waals surface area contributed by atoms with Gasteiger partial charge in [-0.3, -0.25) is 19.4 Å². The molecule has 25 heavy (non-hydrogen) atoms. The van der Waals surface area contributed by atoms with Crippen molar-refractivity contribution in [1.82, 2.24) is 9.80 Å². The number of likely N-dealkylation sites (tertiary alicyclic amines) is 1. The number of hydrogen-bond donors (Lipinski definition) is 0. The third kappa shape index (κ3) is 3.88. The summed E-state index contributed by atoms with van der Waals surface area (Å²) >= 11 is 0.